The van der Waals surface area contributed by atoms with Crippen LogP contribution in [0.5, 0.6) is 0 Å². The third-order valence-corrected chi connectivity index (χ3v) is 4.04. The number of halogens is 3. The van der Waals surface area contributed by atoms with Crippen LogP contribution < -0.4 is 0 Å². The number of furan rings is 1. The Morgan fingerprint density at radius 1 is 1.27 bits per heavy atom. The first-order valence-corrected chi connectivity index (χ1v) is 5.86. The molecule has 2 aromatic heterocycles. The van der Waals surface area contributed by atoms with Gasteiger partial charge in [-0.15, -0.1) is 0 Å². The highest BCUT2D eigenvalue weighted by Crippen LogP contribution is 2.28. The lowest BCUT2D eigenvalue weighted by Gasteiger charge is -2.01. The molecule has 0 saturated heterocycles. The summed E-state index contributed by atoms with van der Waals surface area (Å²) in [6, 6.07) is 1.83. The van der Waals surface area contributed by atoms with Crippen LogP contribution in [0, 0.1) is 10.5 Å². The molecule has 2 aromatic rings. The van der Waals surface area contributed by atoms with Crippen LogP contribution in [0.2, 0.25) is 10.3 Å². The average molecular weight is 355 g/mol. The average Bonchev–Trinajstić information content (AvgIpc) is 2.60. The van der Waals surface area contributed by atoms with Gasteiger partial charge in [-0.25, -0.2) is 9.97 Å². The minimum Gasteiger partial charge on any atom is -0.461 e. The van der Waals surface area contributed by atoms with E-state index in [0.29, 0.717) is 25.5 Å². The second-order valence-corrected chi connectivity index (χ2v) is 4.67. The van der Waals surface area contributed by atoms with Crippen molar-refractivity contribution in [3.63, 3.8) is 0 Å². The predicted molar refractivity (Wildman–Crippen MR) is 67.2 cm³/mol. The van der Waals surface area contributed by atoms with E-state index in [9.17, 15) is 0 Å². The van der Waals surface area contributed by atoms with E-state index in [1.54, 1.807) is 6.26 Å². The molecule has 0 spiro atoms. The zero-order valence-electron chi connectivity index (χ0n) is 7.59. The molecule has 0 aromatic carbocycles. The Morgan fingerprint density at radius 3 is 2.33 bits per heavy atom. The van der Waals surface area contributed by atoms with E-state index >= 15 is 0 Å². The number of nitrogens with zero attached hydrogens (tertiary/aromatic N) is 2. The molecule has 15 heavy (non-hydrogen) atoms. The molecule has 2 heterocycles. The highest BCUT2D eigenvalue weighted by Gasteiger charge is 2.14. The molecule has 0 aliphatic rings. The van der Waals surface area contributed by atoms with E-state index in [2.05, 4.69) is 9.97 Å². The normalized spacial score (nSPS) is 10.7. The summed E-state index contributed by atoms with van der Waals surface area (Å²) in [5, 5.41) is 0.669. The van der Waals surface area contributed by atoms with Crippen molar-refractivity contribution < 1.29 is 4.42 Å². The van der Waals surface area contributed by atoms with Crippen LogP contribution in [0.3, 0.4) is 0 Å². The maximum absolute atomic E-state index is 5.90. The zero-order valence-corrected chi connectivity index (χ0v) is 11.3. The van der Waals surface area contributed by atoms with Gasteiger partial charge >= 0.3 is 0 Å². The Kier molecular flexibility index (Phi) is 3.18. The Hall–Kier alpha value is -0.330. The van der Waals surface area contributed by atoms with Crippen LogP contribution >= 0.6 is 45.8 Å². The van der Waals surface area contributed by atoms with Crippen LogP contribution in [-0.4, -0.2) is 9.97 Å². The second-order valence-electron chi connectivity index (χ2n) is 2.88. The van der Waals surface area contributed by atoms with Gasteiger partial charge in [-0.05, 0) is 41.1 Å². The van der Waals surface area contributed by atoms with E-state index in [0.717, 1.165) is 5.56 Å². The highest BCUT2D eigenvalue weighted by molar-refractivity contribution is 14.1. The molecular weight excluding hydrogens is 350 g/mol. The Bertz CT molecular complexity index is 490. The molecule has 2 rings (SSSR count). The van der Waals surface area contributed by atoms with Crippen molar-refractivity contribution in [3.05, 3.63) is 31.8 Å². The second kappa shape index (κ2) is 4.27. The van der Waals surface area contributed by atoms with E-state index in [1.165, 1.54) is 0 Å². The molecule has 0 atom stereocenters. The summed E-state index contributed by atoms with van der Waals surface area (Å²) in [5.41, 5.74) is 0.948. The molecule has 0 N–H and O–H groups in total. The first-order valence-electron chi connectivity index (χ1n) is 4.02. The fourth-order valence-electron chi connectivity index (χ4n) is 1.10. The molecule has 6 heteroatoms. The topological polar surface area (TPSA) is 38.9 Å². The molecular formula is C9H5Cl2IN2O. The Morgan fingerprint density at radius 2 is 1.87 bits per heavy atom. The van der Waals surface area contributed by atoms with Crippen LogP contribution in [0.1, 0.15) is 5.56 Å². The van der Waals surface area contributed by atoms with Crippen molar-refractivity contribution >= 4 is 45.8 Å². The quantitative estimate of drug-likeness (QED) is 0.574. The zero-order chi connectivity index (χ0) is 11.0. The first kappa shape index (κ1) is 11.2. The van der Waals surface area contributed by atoms with Gasteiger partial charge in [-0.3, -0.25) is 0 Å². The molecule has 0 saturated carbocycles. The molecule has 0 bridgehead atoms. The summed E-state index contributed by atoms with van der Waals surface area (Å²) in [6.45, 7) is 1.90. The molecule has 0 radical (unpaired) electrons. The van der Waals surface area contributed by atoms with Crippen molar-refractivity contribution in [2.45, 2.75) is 6.92 Å². The van der Waals surface area contributed by atoms with Gasteiger partial charge in [0.15, 0.2) is 11.6 Å². The number of hydrogen-bond donors (Lipinski definition) is 0. The lowest BCUT2D eigenvalue weighted by Crippen LogP contribution is -1.93. The predicted octanol–water partition coefficient (Wildman–Crippen LogP) is 3.96. The number of aromatic nitrogens is 2. The van der Waals surface area contributed by atoms with Gasteiger partial charge in [0.1, 0.15) is 10.3 Å². The fraction of sp³-hybridized carbons (Fsp3) is 0.111. The molecule has 3 nitrogen and oxygen atoms in total. The van der Waals surface area contributed by atoms with E-state index < -0.39 is 0 Å². The minimum atomic E-state index is 0.335. The largest absolute Gasteiger partial charge is 0.461 e. The fourth-order valence-corrected chi connectivity index (χ4v) is 1.73. The van der Waals surface area contributed by atoms with Crippen LogP contribution in [0.25, 0.3) is 11.6 Å². The van der Waals surface area contributed by atoms with Crippen molar-refractivity contribution in [3.8, 4) is 11.6 Å². The summed E-state index contributed by atoms with van der Waals surface area (Å²) in [6.07, 6.45) is 1.58. The minimum absolute atomic E-state index is 0.335. The summed E-state index contributed by atoms with van der Waals surface area (Å²) in [5.74, 6) is 1.00. The molecule has 0 unspecified atom stereocenters. The van der Waals surface area contributed by atoms with Crippen molar-refractivity contribution in [1.82, 2.24) is 9.97 Å². The summed E-state index contributed by atoms with van der Waals surface area (Å²) in [4.78, 5) is 8.21. The first-order chi connectivity index (χ1) is 7.09. The van der Waals surface area contributed by atoms with Gasteiger partial charge < -0.3 is 4.42 Å². The summed E-state index contributed by atoms with van der Waals surface area (Å²) in [7, 11) is 0. The molecule has 0 amide bonds. The van der Waals surface area contributed by atoms with Crippen molar-refractivity contribution in [1.29, 1.82) is 0 Å². The van der Waals surface area contributed by atoms with Gasteiger partial charge in [-0.1, -0.05) is 23.2 Å². The number of rotatable bonds is 1. The lowest BCUT2D eigenvalue weighted by molar-refractivity contribution is 0.575. The Labute approximate surface area is 110 Å². The maximum Gasteiger partial charge on any atom is 0.198 e. The van der Waals surface area contributed by atoms with E-state index in [-0.39, 0.29) is 0 Å². The van der Waals surface area contributed by atoms with E-state index in [1.807, 2.05) is 35.6 Å². The van der Waals surface area contributed by atoms with Gasteiger partial charge in [0, 0.05) is 0 Å². The van der Waals surface area contributed by atoms with Gasteiger partial charge in [0.2, 0.25) is 0 Å². The number of hydrogen-bond acceptors (Lipinski definition) is 3. The van der Waals surface area contributed by atoms with Crippen LogP contribution in [0.15, 0.2) is 16.7 Å². The Balaban J connectivity index is 2.60. The van der Waals surface area contributed by atoms with Crippen molar-refractivity contribution in [2.75, 3.05) is 0 Å². The van der Waals surface area contributed by atoms with Gasteiger partial charge in [-0.2, -0.15) is 0 Å². The third kappa shape index (κ3) is 2.11. The lowest BCUT2D eigenvalue weighted by atomic mass is 10.3. The third-order valence-electron chi connectivity index (χ3n) is 1.84. The monoisotopic (exact) mass is 354 g/mol. The van der Waals surface area contributed by atoms with E-state index in [4.69, 9.17) is 27.6 Å². The molecule has 0 aliphatic heterocycles. The standard InChI is InChI=1S/C9H5Cl2IN2O/c1-4-2-3-15-6(4)9-13-7(10)5(12)8(11)14-9/h2-3H,1H3. The summed E-state index contributed by atoms with van der Waals surface area (Å²) < 4.78 is 5.90. The highest BCUT2D eigenvalue weighted by atomic mass is 127. The van der Waals surface area contributed by atoms with Gasteiger partial charge in [0.05, 0.1) is 9.83 Å². The number of aryl methyl sites for hydroxylation is 1. The van der Waals surface area contributed by atoms with Crippen LogP contribution in [0.4, 0.5) is 0 Å². The van der Waals surface area contributed by atoms with Crippen molar-refractivity contribution in [2.24, 2.45) is 0 Å². The summed E-state index contributed by atoms with van der Waals surface area (Å²) >= 11 is 13.8. The molecule has 78 valence electrons. The SMILES string of the molecule is Cc1ccoc1-c1nc(Cl)c(I)c(Cl)n1. The molecule has 0 aliphatic carbocycles. The van der Waals surface area contributed by atoms with Gasteiger partial charge in [0.25, 0.3) is 0 Å². The van der Waals surface area contributed by atoms with Crippen LogP contribution in [-0.2, 0) is 0 Å². The molecule has 0 fully saturated rings. The smallest absolute Gasteiger partial charge is 0.198 e. The maximum atomic E-state index is 5.90.